The van der Waals surface area contributed by atoms with Gasteiger partial charge in [-0.25, -0.2) is 4.79 Å². The topological polar surface area (TPSA) is 434 Å². The minimum absolute atomic E-state index is 0.0441. The van der Waals surface area contributed by atoms with E-state index in [9.17, 15) is 62.6 Å². The molecule has 0 unspecified atom stereocenters. The molecular formula is C80H118N12O17. The molecule has 15 N–H and O–H groups in total. The van der Waals surface area contributed by atoms with E-state index in [0.717, 1.165) is 0 Å². The molecule has 0 aliphatic carbocycles. The molecule has 4 aromatic rings. The normalized spacial score (nSPS) is 14.4. The van der Waals surface area contributed by atoms with E-state index in [-0.39, 0.29) is 38.4 Å². The number of carbonyl (C=O) groups is 12. The highest BCUT2D eigenvalue weighted by Crippen LogP contribution is 2.37. The van der Waals surface area contributed by atoms with Gasteiger partial charge in [-0.2, -0.15) is 0 Å². The molecule has 109 heavy (non-hydrogen) atoms. The fourth-order valence-corrected chi connectivity index (χ4v) is 11.1. The lowest BCUT2D eigenvalue weighted by Gasteiger charge is -2.37. The standard InChI is InChI=1S/C80H118N12O17/c1-49(2)44-61(89-73(102)62(45-52-35-37-56(38-36-52)108-78(11,12)13)90-74(103)63(48-107-77(8,9)10)91-69(98)57(82)47-106-76(5,6)7)72(101)87-58(40-42-66(95)109-79(14,15)16)70(99)83-46-65(94)86-59(71(100)85-50(3)67(96)84-51(4)68(97)88-60(75(104)105)34-26-27-43-81)39-41-64(93)92-80(53-28-20-17-21-29-53,54-30-22-18-23-31-54)55-32-24-19-25-33-55/h17-25,28-33,35-38,49-51,57-63H,26-27,34,39-48,81-82H2,1-16H3,(H,83,99)(H,84,96)(H,85,100)(H,86,94)(H,87,101)(H,88,97)(H,89,102)(H,90,103)(H,91,98)(H,92,93)(H,104,105)/t50-,51-,57-,58-,59-,60-,61-,62-,63-/m0/s1. The Morgan fingerprint density at radius 3 is 1.37 bits per heavy atom. The average Bonchev–Trinajstić information content (AvgIpc) is 0.754. The molecule has 29 nitrogen and oxygen atoms in total. The van der Waals surface area contributed by atoms with Gasteiger partial charge in [0, 0.05) is 19.3 Å². The van der Waals surface area contributed by atoms with E-state index in [1.54, 1.807) is 100 Å². The van der Waals surface area contributed by atoms with Crippen molar-refractivity contribution in [3.8, 4) is 5.75 Å². The molecule has 0 saturated heterocycles. The second-order valence-corrected chi connectivity index (χ2v) is 31.4. The molecule has 0 saturated carbocycles. The number of rotatable bonds is 42. The summed E-state index contributed by atoms with van der Waals surface area (Å²) in [6.45, 7) is 26.2. The van der Waals surface area contributed by atoms with E-state index in [4.69, 9.17) is 30.4 Å². The molecule has 0 aromatic heterocycles. The molecule has 4 rings (SSSR count). The average molecular weight is 1520 g/mol. The number of unbranched alkanes of at least 4 members (excludes halogenated alkanes) is 1. The van der Waals surface area contributed by atoms with Crippen LogP contribution in [0.3, 0.4) is 0 Å². The molecule has 10 amide bonds. The molecule has 0 fully saturated rings. The second kappa shape index (κ2) is 42.8. The largest absolute Gasteiger partial charge is 0.488 e. The van der Waals surface area contributed by atoms with Crippen LogP contribution in [-0.4, -0.2) is 179 Å². The zero-order valence-corrected chi connectivity index (χ0v) is 66.1. The first-order valence-corrected chi connectivity index (χ1v) is 37.0. The summed E-state index contributed by atoms with van der Waals surface area (Å²) in [5, 5.41) is 36.3. The van der Waals surface area contributed by atoms with Gasteiger partial charge >= 0.3 is 11.9 Å². The van der Waals surface area contributed by atoms with E-state index in [2.05, 4.69) is 53.2 Å². The van der Waals surface area contributed by atoms with Crippen molar-refractivity contribution in [2.24, 2.45) is 17.4 Å². The number of esters is 1. The van der Waals surface area contributed by atoms with E-state index in [1.165, 1.54) is 13.8 Å². The maximum Gasteiger partial charge on any atom is 0.326 e. The lowest BCUT2D eigenvalue weighted by Crippen LogP contribution is -2.60. The van der Waals surface area contributed by atoms with Crippen LogP contribution < -0.4 is 69.4 Å². The summed E-state index contributed by atoms with van der Waals surface area (Å²) in [5.41, 5.74) is 10.1. The number of hydrogen-bond donors (Lipinski definition) is 13. The summed E-state index contributed by atoms with van der Waals surface area (Å²) in [5.74, 6) is -10.5. The number of aliphatic carboxylic acids is 1. The van der Waals surface area contributed by atoms with Gasteiger partial charge in [0.1, 0.15) is 76.9 Å². The summed E-state index contributed by atoms with van der Waals surface area (Å²) < 4.78 is 23.3. The van der Waals surface area contributed by atoms with Gasteiger partial charge in [0.15, 0.2) is 0 Å². The first-order chi connectivity index (χ1) is 50.9. The van der Waals surface area contributed by atoms with Crippen molar-refractivity contribution in [1.29, 1.82) is 0 Å². The third-order valence-corrected chi connectivity index (χ3v) is 16.5. The zero-order chi connectivity index (χ0) is 81.6. The summed E-state index contributed by atoms with van der Waals surface area (Å²) >= 11 is 0. The number of carboxylic acids is 1. The zero-order valence-electron chi connectivity index (χ0n) is 66.1. The third kappa shape index (κ3) is 33.3. The Morgan fingerprint density at radius 1 is 0.431 bits per heavy atom. The SMILES string of the molecule is CC(C)C[C@H](NC(=O)[C@H](Cc1ccc(OC(C)(C)C)cc1)NC(=O)[C@H](COC(C)(C)C)NC(=O)[C@@H](N)COC(C)(C)C)C(=O)N[C@@H](CCC(=O)OC(C)(C)C)C(=O)NCC(=O)N[C@@H](CCC(=O)NC(c1ccccc1)(c1ccccc1)c1ccccc1)C(=O)N[C@@H](C)C(=O)N[C@@H](C)C(=O)N[C@@H](CCCCN)C(=O)O. The van der Waals surface area contributed by atoms with Crippen LogP contribution in [0.25, 0.3) is 0 Å². The first kappa shape index (κ1) is 91.5. The van der Waals surface area contributed by atoms with Crippen molar-refractivity contribution < 1.29 is 81.6 Å². The van der Waals surface area contributed by atoms with Gasteiger partial charge in [0.05, 0.1) is 31.0 Å². The second-order valence-electron chi connectivity index (χ2n) is 31.4. The monoisotopic (exact) mass is 1520 g/mol. The predicted molar refractivity (Wildman–Crippen MR) is 411 cm³/mol. The lowest BCUT2D eigenvalue weighted by atomic mass is 9.77. The van der Waals surface area contributed by atoms with Gasteiger partial charge in [0.2, 0.25) is 59.1 Å². The molecule has 600 valence electrons. The number of carboxylic acid groups (broad SMARTS) is 1. The Kier molecular flexibility index (Phi) is 35.9. The minimum atomic E-state index is -1.62. The Bertz CT molecular complexity index is 3550. The third-order valence-electron chi connectivity index (χ3n) is 16.5. The maximum absolute atomic E-state index is 15.0. The molecular weight excluding hydrogens is 1400 g/mol. The van der Waals surface area contributed by atoms with E-state index < -0.39 is 186 Å². The van der Waals surface area contributed by atoms with E-state index in [0.29, 0.717) is 47.4 Å². The Hall–Kier alpha value is -9.84. The number of ether oxygens (including phenoxy) is 4. The number of amides is 10. The van der Waals surface area contributed by atoms with Crippen LogP contribution in [0, 0.1) is 5.92 Å². The van der Waals surface area contributed by atoms with Gasteiger partial charge < -0.3 is 88.7 Å². The number of benzene rings is 4. The first-order valence-electron chi connectivity index (χ1n) is 37.0. The molecule has 0 aliphatic heterocycles. The summed E-state index contributed by atoms with van der Waals surface area (Å²) in [6, 6.07) is 21.6. The molecule has 9 atom stereocenters. The molecule has 4 aromatic carbocycles. The summed E-state index contributed by atoms with van der Waals surface area (Å²) in [7, 11) is 0. The van der Waals surface area contributed by atoms with Crippen molar-refractivity contribution >= 4 is 71.0 Å². The van der Waals surface area contributed by atoms with Crippen molar-refractivity contribution in [3.05, 3.63) is 138 Å². The fourth-order valence-electron chi connectivity index (χ4n) is 11.1. The van der Waals surface area contributed by atoms with Crippen molar-refractivity contribution in [2.75, 3.05) is 26.3 Å². The quantitative estimate of drug-likeness (QED) is 0.0163. The minimum Gasteiger partial charge on any atom is -0.488 e. The summed E-state index contributed by atoms with van der Waals surface area (Å²) in [6.07, 6.45) is -0.916. The number of nitrogens with one attached hydrogen (secondary N) is 10. The lowest BCUT2D eigenvalue weighted by molar-refractivity contribution is -0.155. The smallest absolute Gasteiger partial charge is 0.326 e. The van der Waals surface area contributed by atoms with Crippen LogP contribution in [0.2, 0.25) is 0 Å². The van der Waals surface area contributed by atoms with Gasteiger partial charge in [0.25, 0.3) is 0 Å². The maximum atomic E-state index is 15.0. The molecule has 0 heterocycles. The van der Waals surface area contributed by atoms with Gasteiger partial charge in [-0.15, -0.1) is 0 Å². The van der Waals surface area contributed by atoms with Crippen LogP contribution >= 0.6 is 0 Å². The Labute approximate surface area is 640 Å². The number of carbonyl (C=O) groups excluding carboxylic acids is 11. The van der Waals surface area contributed by atoms with Gasteiger partial charge in [-0.3, -0.25) is 52.7 Å². The van der Waals surface area contributed by atoms with Crippen molar-refractivity contribution in [2.45, 2.75) is 251 Å². The molecule has 0 spiro atoms. The molecule has 29 heteroatoms. The number of hydrogen-bond acceptors (Lipinski definition) is 18. The van der Waals surface area contributed by atoms with Crippen molar-refractivity contribution in [3.63, 3.8) is 0 Å². The van der Waals surface area contributed by atoms with Gasteiger partial charge in [-0.05, 0) is 182 Å². The van der Waals surface area contributed by atoms with E-state index >= 15 is 0 Å². The van der Waals surface area contributed by atoms with Crippen LogP contribution in [0.1, 0.15) is 184 Å². The highest BCUT2D eigenvalue weighted by molar-refractivity contribution is 5.98. The van der Waals surface area contributed by atoms with E-state index in [1.807, 2.05) is 112 Å². The fraction of sp³-hybridized carbons (Fsp3) is 0.550. The summed E-state index contributed by atoms with van der Waals surface area (Å²) in [4.78, 5) is 168. The highest BCUT2D eigenvalue weighted by Gasteiger charge is 2.40. The van der Waals surface area contributed by atoms with Crippen LogP contribution in [0.5, 0.6) is 5.75 Å². The van der Waals surface area contributed by atoms with Crippen LogP contribution in [-0.2, 0) is 83.7 Å². The Morgan fingerprint density at radius 2 is 0.872 bits per heavy atom. The molecule has 0 aliphatic rings. The van der Waals surface area contributed by atoms with Crippen LogP contribution in [0.4, 0.5) is 0 Å². The Balaban J connectivity index is 1.70. The predicted octanol–water partition coefficient (Wildman–Crippen LogP) is 4.67. The highest BCUT2D eigenvalue weighted by atomic mass is 16.6. The van der Waals surface area contributed by atoms with Crippen LogP contribution in [0.15, 0.2) is 115 Å². The van der Waals surface area contributed by atoms with Gasteiger partial charge in [-0.1, -0.05) is 117 Å². The molecule has 0 bridgehead atoms. The number of nitrogens with two attached hydrogens (primary N) is 2. The van der Waals surface area contributed by atoms with Crippen molar-refractivity contribution in [1.82, 2.24) is 53.2 Å². The molecule has 0 radical (unpaired) electrons.